The zero-order chi connectivity index (χ0) is 14.3. The third-order valence-corrected chi connectivity index (χ3v) is 4.45. The first-order chi connectivity index (χ1) is 8.99. The molecule has 0 spiro atoms. The first-order valence-electron chi connectivity index (χ1n) is 6.33. The molecule has 19 heavy (non-hydrogen) atoms. The van der Waals surface area contributed by atoms with E-state index in [1.807, 2.05) is 13.8 Å². The quantitative estimate of drug-likeness (QED) is 0.794. The minimum absolute atomic E-state index is 0.0924. The Hall–Kier alpha value is -1.56. The predicted molar refractivity (Wildman–Crippen MR) is 76.0 cm³/mol. The number of likely N-dealkylation sites (N-methyl/N-ethyl adjacent to an activating group) is 1. The lowest BCUT2D eigenvalue weighted by molar-refractivity contribution is -0.119. The molecule has 1 amide bonds. The van der Waals surface area contributed by atoms with Crippen LogP contribution < -0.4 is 10.6 Å². The molecule has 0 radical (unpaired) electrons. The van der Waals surface area contributed by atoms with Crippen LogP contribution in [0.5, 0.6) is 0 Å². The summed E-state index contributed by atoms with van der Waals surface area (Å²) in [6, 6.07) is 6.46. The molecular formula is C13H20N2O3S. The Morgan fingerprint density at radius 1 is 1.16 bits per heavy atom. The molecule has 0 unspecified atom stereocenters. The van der Waals surface area contributed by atoms with Gasteiger partial charge >= 0.3 is 0 Å². The number of anilines is 1. The maximum absolute atomic E-state index is 11.8. The Balaban J connectivity index is 2.64. The van der Waals surface area contributed by atoms with Crippen molar-refractivity contribution in [2.24, 2.45) is 0 Å². The van der Waals surface area contributed by atoms with Gasteiger partial charge in [-0.1, -0.05) is 6.92 Å². The molecule has 0 bridgehead atoms. The van der Waals surface area contributed by atoms with Crippen LogP contribution in [0.25, 0.3) is 0 Å². The number of nitrogens with one attached hydrogen (secondary N) is 2. The second-order valence-corrected chi connectivity index (χ2v) is 6.26. The summed E-state index contributed by atoms with van der Waals surface area (Å²) in [5.74, 6) is 0.0590. The molecule has 0 aromatic heterocycles. The predicted octanol–water partition coefficient (Wildman–Crippen LogP) is 1.42. The number of hydrogen-bond donors (Lipinski definition) is 2. The molecule has 6 heteroatoms. The van der Waals surface area contributed by atoms with E-state index in [0.717, 1.165) is 5.69 Å². The minimum atomic E-state index is -3.17. The summed E-state index contributed by atoms with van der Waals surface area (Å²) in [7, 11) is -3.17. The molecule has 2 N–H and O–H groups in total. The Morgan fingerprint density at radius 3 is 2.32 bits per heavy atom. The first-order valence-corrected chi connectivity index (χ1v) is 7.98. The fourth-order valence-corrected chi connectivity index (χ4v) is 2.93. The van der Waals surface area contributed by atoms with Crippen molar-refractivity contribution in [2.45, 2.75) is 25.2 Å². The van der Waals surface area contributed by atoms with Crippen LogP contribution in [0.15, 0.2) is 29.2 Å². The Labute approximate surface area is 114 Å². The highest BCUT2D eigenvalue weighted by molar-refractivity contribution is 7.91. The highest BCUT2D eigenvalue weighted by Crippen LogP contribution is 2.15. The SMILES string of the molecule is CCCS(=O)(=O)c1ccc(NCC(=O)NCC)cc1. The molecule has 0 aliphatic carbocycles. The van der Waals surface area contributed by atoms with Gasteiger partial charge in [0.2, 0.25) is 5.91 Å². The molecular weight excluding hydrogens is 264 g/mol. The monoisotopic (exact) mass is 284 g/mol. The summed E-state index contributed by atoms with van der Waals surface area (Å²) in [4.78, 5) is 11.6. The van der Waals surface area contributed by atoms with Gasteiger partial charge in [-0.2, -0.15) is 0 Å². The second kappa shape index (κ2) is 7.13. The van der Waals surface area contributed by atoms with Crippen LogP contribution in [-0.2, 0) is 14.6 Å². The molecule has 0 saturated carbocycles. The molecule has 5 nitrogen and oxygen atoms in total. The van der Waals surface area contributed by atoms with Crippen LogP contribution in [-0.4, -0.2) is 33.2 Å². The van der Waals surface area contributed by atoms with Gasteiger partial charge in [-0.3, -0.25) is 4.79 Å². The summed E-state index contributed by atoms with van der Waals surface area (Å²) < 4.78 is 23.6. The molecule has 1 aromatic rings. The molecule has 106 valence electrons. The summed E-state index contributed by atoms with van der Waals surface area (Å²) in [5, 5.41) is 5.60. The summed E-state index contributed by atoms with van der Waals surface area (Å²) in [5.41, 5.74) is 0.724. The van der Waals surface area contributed by atoms with Gasteiger partial charge in [-0.15, -0.1) is 0 Å². The van der Waals surface area contributed by atoms with Crippen molar-refractivity contribution in [2.75, 3.05) is 24.2 Å². The number of carbonyl (C=O) groups excluding carboxylic acids is 1. The lowest BCUT2D eigenvalue weighted by Crippen LogP contribution is -2.29. The van der Waals surface area contributed by atoms with Gasteiger partial charge in [0.05, 0.1) is 17.2 Å². The van der Waals surface area contributed by atoms with E-state index in [0.29, 0.717) is 17.9 Å². The van der Waals surface area contributed by atoms with Crippen molar-refractivity contribution in [3.05, 3.63) is 24.3 Å². The van der Waals surface area contributed by atoms with Gasteiger partial charge in [0.25, 0.3) is 0 Å². The third-order valence-electron chi connectivity index (χ3n) is 2.51. The van der Waals surface area contributed by atoms with Crippen LogP contribution in [0.4, 0.5) is 5.69 Å². The van der Waals surface area contributed by atoms with Gasteiger partial charge in [0.15, 0.2) is 9.84 Å². The van der Waals surface area contributed by atoms with Crippen molar-refractivity contribution in [1.82, 2.24) is 5.32 Å². The Bertz CT molecular complexity index is 509. The average molecular weight is 284 g/mol. The van der Waals surface area contributed by atoms with Crippen molar-refractivity contribution in [1.29, 1.82) is 0 Å². The zero-order valence-electron chi connectivity index (χ0n) is 11.3. The van der Waals surface area contributed by atoms with E-state index >= 15 is 0 Å². The smallest absolute Gasteiger partial charge is 0.239 e. The van der Waals surface area contributed by atoms with Gasteiger partial charge in [0, 0.05) is 12.2 Å². The normalized spacial score (nSPS) is 11.1. The van der Waals surface area contributed by atoms with Gasteiger partial charge in [-0.05, 0) is 37.6 Å². The van der Waals surface area contributed by atoms with Crippen molar-refractivity contribution >= 4 is 21.4 Å². The van der Waals surface area contributed by atoms with Crippen molar-refractivity contribution < 1.29 is 13.2 Å². The number of carbonyl (C=O) groups is 1. The molecule has 0 aliphatic heterocycles. The molecule has 1 aromatic carbocycles. The fourth-order valence-electron chi connectivity index (χ4n) is 1.61. The number of hydrogen-bond acceptors (Lipinski definition) is 4. The van der Waals surface area contributed by atoms with E-state index in [2.05, 4.69) is 10.6 Å². The molecule has 0 aliphatic rings. The molecule has 1 rings (SSSR count). The zero-order valence-corrected chi connectivity index (χ0v) is 12.1. The van der Waals surface area contributed by atoms with Crippen LogP contribution in [0.1, 0.15) is 20.3 Å². The molecule has 0 fully saturated rings. The highest BCUT2D eigenvalue weighted by Gasteiger charge is 2.12. The lowest BCUT2D eigenvalue weighted by Gasteiger charge is -2.08. The van der Waals surface area contributed by atoms with E-state index in [-0.39, 0.29) is 18.2 Å². The standard InChI is InChI=1S/C13H20N2O3S/c1-3-9-19(17,18)12-7-5-11(6-8-12)15-10-13(16)14-4-2/h5-8,15H,3-4,9-10H2,1-2H3,(H,14,16). The fraction of sp³-hybridized carbons (Fsp3) is 0.462. The van der Waals surface area contributed by atoms with Crippen LogP contribution >= 0.6 is 0 Å². The minimum Gasteiger partial charge on any atom is -0.376 e. The largest absolute Gasteiger partial charge is 0.376 e. The van der Waals surface area contributed by atoms with E-state index in [1.165, 1.54) is 0 Å². The third kappa shape index (κ3) is 4.90. The van der Waals surface area contributed by atoms with Gasteiger partial charge < -0.3 is 10.6 Å². The number of amides is 1. The van der Waals surface area contributed by atoms with E-state index < -0.39 is 9.84 Å². The number of rotatable bonds is 7. The Morgan fingerprint density at radius 2 is 1.79 bits per heavy atom. The molecule has 0 heterocycles. The molecule has 0 saturated heterocycles. The maximum atomic E-state index is 11.8. The van der Waals surface area contributed by atoms with Crippen molar-refractivity contribution in [3.8, 4) is 0 Å². The average Bonchev–Trinajstić information content (AvgIpc) is 2.37. The number of benzene rings is 1. The summed E-state index contributed by atoms with van der Waals surface area (Å²) in [6.45, 7) is 4.45. The van der Waals surface area contributed by atoms with E-state index in [4.69, 9.17) is 0 Å². The second-order valence-electron chi connectivity index (χ2n) is 4.15. The van der Waals surface area contributed by atoms with Gasteiger partial charge in [0.1, 0.15) is 0 Å². The van der Waals surface area contributed by atoms with Crippen LogP contribution in [0.2, 0.25) is 0 Å². The van der Waals surface area contributed by atoms with Crippen LogP contribution in [0.3, 0.4) is 0 Å². The van der Waals surface area contributed by atoms with Crippen molar-refractivity contribution in [3.63, 3.8) is 0 Å². The summed E-state index contributed by atoms with van der Waals surface area (Å²) >= 11 is 0. The van der Waals surface area contributed by atoms with Gasteiger partial charge in [-0.25, -0.2) is 8.42 Å². The maximum Gasteiger partial charge on any atom is 0.239 e. The molecule has 0 atom stereocenters. The highest BCUT2D eigenvalue weighted by atomic mass is 32.2. The van der Waals surface area contributed by atoms with E-state index in [9.17, 15) is 13.2 Å². The number of sulfone groups is 1. The van der Waals surface area contributed by atoms with E-state index in [1.54, 1.807) is 24.3 Å². The topological polar surface area (TPSA) is 75.3 Å². The summed E-state index contributed by atoms with van der Waals surface area (Å²) in [6.07, 6.45) is 0.597. The van der Waals surface area contributed by atoms with Crippen LogP contribution in [0, 0.1) is 0 Å². The Kier molecular flexibility index (Phi) is 5.82. The first kappa shape index (κ1) is 15.5. The lowest BCUT2D eigenvalue weighted by atomic mass is 10.3.